The zero-order chi connectivity index (χ0) is 27.1. The number of benzene rings is 3. The number of anilines is 1. The standard InChI is InChI=1S/C32H31N7O/c33-32-31-28(24-8-10-26-20-38(36-29(26)16-24)18-22-5-2-1-3-6-22)17-30(39(31)35-21-34-32)25-9-7-23-11-13-37(12-4-14-40)19-27(23)15-25/h1-3,5-10,15-17,20-21,40H,4,11-14,18-19H2,(H2,33,34,35). The second kappa shape index (κ2) is 10.2. The van der Waals surface area contributed by atoms with Crippen LogP contribution < -0.4 is 5.73 Å². The molecule has 7 rings (SSSR count). The molecule has 0 saturated carbocycles. The van der Waals surface area contributed by atoms with E-state index >= 15 is 0 Å². The van der Waals surface area contributed by atoms with Crippen LogP contribution in [0.3, 0.4) is 0 Å². The Kier molecular flexibility index (Phi) is 6.26. The maximum atomic E-state index is 9.27. The number of fused-ring (bicyclic) bond motifs is 3. The summed E-state index contributed by atoms with van der Waals surface area (Å²) in [5, 5.41) is 19.8. The number of nitrogen functional groups attached to an aromatic ring is 1. The number of nitrogens with two attached hydrogens (primary N) is 1. The van der Waals surface area contributed by atoms with Crippen LogP contribution in [0.15, 0.2) is 85.3 Å². The Morgan fingerprint density at radius 3 is 2.67 bits per heavy atom. The predicted molar refractivity (Wildman–Crippen MR) is 158 cm³/mol. The largest absolute Gasteiger partial charge is 0.396 e. The number of hydrogen-bond donors (Lipinski definition) is 2. The van der Waals surface area contributed by atoms with Crippen molar-refractivity contribution < 1.29 is 5.11 Å². The molecule has 0 atom stereocenters. The van der Waals surface area contributed by atoms with Gasteiger partial charge in [0.25, 0.3) is 0 Å². The first kappa shape index (κ1) is 24.5. The van der Waals surface area contributed by atoms with Gasteiger partial charge in [-0.15, -0.1) is 0 Å². The summed E-state index contributed by atoms with van der Waals surface area (Å²) in [5.41, 5.74) is 16.2. The molecule has 3 aromatic carbocycles. The second-order valence-electron chi connectivity index (χ2n) is 10.5. The van der Waals surface area contributed by atoms with E-state index < -0.39 is 0 Å². The van der Waals surface area contributed by atoms with Gasteiger partial charge in [-0.05, 0) is 53.3 Å². The first-order chi connectivity index (χ1) is 19.7. The third-order valence-electron chi connectivity index (χ3n) is 7.86. The van der Waals surface area contributed by atoms with Crippen LogP contribution in [-0.4, -0.2) is 54.1 Å². The molecule has 6 aromatic rings. The fraction of sp³-hybridized carbons (Fsp3) is 0.219. The maximum Gasteiger partial charge on any atom is 0.152 e. The van der Waals surface area contributed by atoms with Crippen molar-refractivity contribution in [3.05, 3.63) is 102 Å². The van der Waals surface area contributed by atoms with Gasteiger partial charge in [0.05, 0.1) is 17.8 Å². The van der Waals surface area contributed by atoms with Crippen molar-refractivity contribution in [2.24, 2.45) is 0 Å². The minimum absolute atomic E-state index is 0.225. The fourth-order valence-electron chi connectivity index (χ4n) is 5.84. The molecule has 8 heteroatoms. The van der Waals surface area contributed by atoms with Gasteiger partial charge < -0.3 is 10.8 Å². The van der Waals surface area contributed by atoms with Crippen LogP contribution in [0.5, 0.6) is 0 Å². The molecule has 4 heterocycles. The van der Waals surface area contributed by atoms with Crippen molar-refractivity contribution in [2.75, 3.05) is 25.4 Å². The smallest absolute Gasteiger partial charge is 0.152 e. The second-order valence-corrected chi connectivity index (χ2v) is 10.5. The highest BCUT2D eigenvalue weighted by Crippen LogP contribution is 2.36. The summed E-state index contributed by atoms with van der Waals surface area (Å²) in [4.78, 5) is 6.73. The quantitative estimate of drug-likeness (QED) is 0.309. The molecule has 0 spiro atoms. The van der Waals surface area contributed by atoms with E-state index in [9.17, 15) is 5.11 Å². The number of nitrogens with zero attached hydrogens (tertiary/aromatic N) is 6. The number of rotatable bonds is 7. The molecular formula is C32H31N7O. The summed E-state index contributed by atoms with van der Waals surface area (Å²) in [7, 11) is 0. The molecule has 0 radical (unpaired) electrons. The summed E-state index contributed by atoms with van der Waals surface area (Å²) in [5.74, 6) is 0.444. The van der Waals surface area contributed by atoms with Gasteiger partial charge in [0.1, 0.15) is 11.8 Å². The molecule has 0 aliphatic carbocycles. The highest BCUT2D eigenvalue weighted by Gasteiger charge is 2.20. The zero-order valence-corrected chi connectivity index (χ0v) is 22.2. The first-order valence-corrected chi connectivity index (χ1v) is 13.8. The molecule has 0 saturated heterocycles. The number of aromatic nitrogens is 5. The van der Waals surface area contributed by atoms with E-state index in [-0.39, 0.29) is 6.61 Å². The Balaban J connectivity index is 1.28. The van der Waals surface area contributed by atoms with Crippen molar-refractivity contribution in [1.29, 1.82) is 0 Å². The molecule has 0 unspecified atom stereocenters. The van der Waals surface area contributed by atoms with E-state index in [0.29, 0.717) is 5.82 Å². The van der Waals surface area contributed by atoms with Gasteiger partial charge in [0.15, 0.2) is 5.82 Å². The lowest BCUT2D eigenvalue weighted by Gasteiger charge is -2.28. The van der Waals surface area contributed by atoms with Gasteiger partial charge >= 0.3 is 0 Å². The first-order valence-electron chi connectivity index (χ1n) is 13.8. The average molecular weight is 530 g/mol. The van der Waals surface area contributed by atoms with E-state index in [2.05, 4.69) is 87.9 Å². The SMILES string of the molecule is Nc1ncnn2c(-c3ccc4c(c3)CN(CCCO)CC4)cc(-c3ccc4cn(Cc5ccccc5)nc4c3)c12. The zero-order valence-electron chi connectivity index (χ0n) is 22.2. The Morgan fingerprint density at radius 2 is 1.80 bits per heavy atom. The van der Waals surface area contributed by atoms with Crippen molar-refractivity contribution in [2.45, 2.75) is 25.9 Å². The van der Waals surface area contributed by atoms with Crippen LogP contribution in [0.1, 0.15) is 23.1 Å². The fourth-order valence-corrected chi connectivity index (χ4v) is 5.84. The molecule has 0 amide bonds. The van der Waals surface area contributed by atoms with Crippen LogP contribution in [0.2, 0.25) is 0 Å². The van der Waals surface area contributed by atoms with E-state index in [1.807, 2.05) is 15.3 Å². The van der Waals surface area contributed by atoms with Gasteiger partial charge in [-0.2, -0.15) is 10.2 Å². The lowest BCUT2D eigenvalue weighted by atomic mass is 9.96. The number of aliphatic hydroxyl groups excluding tert-OH is 1. The lowest BCUT2D eigenvalue weighted by molar-refractivity contribution is 0.212. The molecule has 1 aliphatic heterocycles. The topological polar surface area (TPSA) is 97.5 Å². The number of aliphatic hydroxyl groups is 1. The van der Waals surface area contributed by atoms with Crippen LogP contribution >= 0.6 is 0 Å². The van der Waals surface area contributed by atoms with Crippen molar-refractivity contribution in [3.63, 3.8) is 0 Å². The van der Waals surface area contributed by atoms with E-state index in [0.717, 1.165) is 77.8 Å². The molecule has 3 aromatic heterocycles. The van der Waals surface area contributed by atoms with Crippen molar-refractivity contribution >= 4 is 22.2 Å². The van der Waals surface area contributed by atoms with E-state index in [4.69, 9.17) is 10.8 Å². The molecular weight excluding hydrogens is 498 g/mol. The van der Waals surface area contributed by atoms with Crippen LogP contribution in [0, 0.1) is 0 Å². The lowest BCUT2D eigenvalue weighted by Crippen LogP contribution is -2.31. The normalized spacial score (nSPS) is 13.7. The summed E-state index contributed by atoms with van der Waals surface area (Å²) in [6.07, 6.45) is 5.42. The Hall–Kier alpha value is -4.53. The van der Waals surface area contributed by atoms with Crippen molar-refractivity contribution in [3.8, 4) is 22.4 Å². The molecule has 8 nitrogen and oxygen atoms in total. The molecule has 200 valence electrons. The van der Waals surface area contributed by atoms with Crippen LogP contribution in [-0.2, 0) is 19.5 Å². The molecule has 0 bridgehead atoms. The molecule has 40 heavy (non-hydrogen) atoms. The predicted octanol–water partition coefficient (Wildman–Crippen LogP) is 4.78. The summed E-state index contributed by atoms with van der Waals surface area (Å²) < 4.78 is 3.89. The number of hydrogen-bond acceptors (Lipinski definition) is 6. The highest BCUT2D eigenvalue weighted by molar-refractivity contribution is 5.95. The van der Waals surface area contributed by atoms with Gasteiger partial charge in [-0.3, -0.25) is 9.58 Å². The average Bonchev–Trinajstić information content (AvgIpc) is 3.57. The Bertz CT molecular complexity index is 1820. The Morgan fingerprint density at radius 1 is 0.925 bits per heavy atom. The molecule has 1 aliphatic rings. The van der Waals surface area contributed by atoms with Crippen molar-refractivity contribution in [1.82, 2.24) is 29.3 Å². The van der Waals surface area contributed by atoms with Crippen LogP contribution in [0.25, 0.3) is 38.8 Å². The van der Waals surface area contributed by atoms with Gasteiger partial charge in [0.2, 0.25) is 0 Å². The minimum Gasteiger partial charge on any atom is -0.396 e. The minimum atomic E-state index is 0.225. The Labute approximate surface area is 232 Å². The monoisotopic (exact) mass is 529 g/mol. The van der Waals surface area contributed by atoms with E-state index in [1.54, 1.807) is 0 Å². The van der Waals surface area contributed by atoms with E-state index in [1.165, 1.54) is 23.0 Å². The summed E-state index contributed by atoms with van der Waals surface area (Å²) >= 11 is 0. The summed E-state index contributed by atoms with van der Waals surface area (Å²) in [6.45, 7) is 3.77. The highest BCUT2D eigenvalue weighted by atomic mass is 16.3. The van der Waals surface area contributed by atoms with Gasteiger partial charge in [-0.1, -0.05) is 54.6 Å². The maximum absolute atomic E-state index is 9.27. The third-order valence-corrected chi connectivity index (χ3v) is 7.86. The molecule has 0 fully saturated rings. The van der Waals surface area contributed by atoms with Gasteiger partial charge in [0, 0.05) is 49.0 Å². The summed E-state index contributed by atoms with van der Waals surface area (Å²) in [6, 6.07) is 25.6. The van der Waals surface area contributed by atoms with Crippen LogP contribution in [0.4, 0.5) is 5.82 Å². The molecule has 3 N–H and O–H groups in total. The third kappa shape index (κ3) is 4.51. The van der Waals surface area contributed by atoms with Gasteiger partial charge in [-0.25, -0.2) is 9.50 Å².